The average molecular weight is 341 g/mol. The molecule has 0 aromatic rings. The number of ether oxygens (including phenoxy) is 2. The van der Waals surface area contributed by atoms with Crippen LogP contribution in [0.25, 0.3) is 0 Å². The normalized spacial score (nSPS) is 21.6. The first kappa shape index (κ1) is 21.7. The highest BCUT2D eigenvalue weighted by atomic mass is 16.7. The Morgan fingerprint density at radius 2 is 1.50 bits per heavy atom. The number of allylic oxidation sites excluding steroid dienone is 1. The lowest BCUT2D eigenvalue weighted by atomic mass is 10.0. The van der Waals surface area contributed by atoms with Crippen molar-refractivity contribution >= 4 is 0 Å². The van der Waals surface area contributed by atoms with Gasteiger partial charge in [-0.3, -0.25) is 0 Å². The second kappa shape index (κ2) is 12.9. The van der Waals surface area contributed by atoms with Crippen LogP contribution in [0.3, 0.4) is 0 Å². The lowest BCUT2D eigenvalue weighted by Crippen LogP contribution is -2.29. The highest BCUT2D eigenvalue weighted by Crippen LogP contribution is 2.24. The number of aliphatic hydroxyl groups is 1. The molecule has 3 heteroatoms. The molecule has 1 saturated heterocycles. The Bertz CT molecular complexity index is 325. The van der Waals surface area contributed by atoms with Crippen LogP contribution >= 0.6 is 0 Å². The summed E-state index contributed by atoms with van der Waals surface area (Å²) in [4.78, 5) is 0. The molecule has 2 atom stereocenters. The highest BCUT2D eigenvalue weighted by molar-refractivity contribution is 4.94. The molecule has 0 spiro atoms. The van der Waals surface area contributed by atoms with Crippen LogP contribution in [0.15, 0.2) is 12.2 Å². The fourth-order valence-electron chi connectivity index (χ4n) is 3.17. The van der Waals surface area contributed by atoms with Gasteiger partial charge >= 0.3 is 0 Å². The minimum Gasteiger partial charge on any atom is -0.386 e. The zero-order valence-corrected chi connectivity index (χ0v) is 16.3. The molecular weight excluding hydrogens is 300 g/mol. The average Bonchev–Trinajstić information content (AvgIpc) is 2.92. The van der Waals surface area contributed by atoms with Crippen LogP contribution in [0.4, 0.5) is 0 Å². The molecule has 0 radical (unpaired) electrons. The van der Waals surface area contributed by atoms with E-state index in [0.29, 0.717) is 6.61 Å². The number of rotatable bonds is 14. The van der Waals surface area contributed by atoms with Crippen LogP contribution in [0, 0.1) is 0 Å². The lowest BCUT2D eigenvalue weighted by Gasteiger charge is -2.18. The summed E-state index contributed by atoms with van der Waals surface area (Å²) in [5.41, 5.74) is 0. The standard InChI is InChI=1S/C21H40O3/c1-4-5-6-7-8-9-10-11-12-13-14-15-16-17-19(22)20-18-23-21(2,3)24-20/h16-17,19-20,22H,4-15,18H2,1-3H3/b17-16+/t19-,20-/m1/s1. The Hall–Kier alpha value is -0.380. The van der Waals surface area contributed by atoms with Crippen LogP contribution in [0.1, 0.15) is 97.8 Å². The molecule has 1 rings (SSSR count). The van der Waals surface area contributed by atoms with Gasteiger partial charge in [-0.1, -0.05) is 83.3 Å². The molecular formula is C21H40O3. The first-order valence-corrected chi connectivity index (χ1v) is 10.2. The summed E-state index contributed by atoms with van der Waals surface area (Å²) in [6.45, 7) is 6.51. The molecule has 1 aliphatic rings. The van der Waals surface area contributed by atoms with E-state index in [0.717, 1.165) is 6.42 Å². The molecule has 0 amide bonds. The fraction of sp³-hybridized carbons (Fsp3) is 0.905. The molecule has 142 valence electrons. The topological polar surface area (TPSA) is 38.7 Å². The highest BCUT2D eigenvalue weighted by Gasteiger charge is 2.35. The molecule has 0 aromatic carbocycles. The van der Waals surface area contributed by atoms with E-state index in [1.165, 1.54) is 70.6 Å². The SMILES string of the molecule is CCCCCCCCCCCCC/C=C/[C@@H](O)[C@H]1COC(C)(C)O1. The number of hydrogen-bond acceptors (Lipinski definition) is 3. The first-order valence-electron chi connectivity index (χ1n) is 10.2. The zero-order chi connectivity index (χ0) is 17.7. The predicted molar refractivity (Wildman–Crippen MR) is 101 cm³/mol. The summed E-state index contributed by atoms with van der Waals surface area (Å²) in [7, 11) is 0. The molecule has 0 aliphatic carbocycles. The van der Waals surface area contributed by atoms with Gasteiger partial charge in [0.25, 0.3) is 0 Å². The van der Waals surface area contributed by atoms with E-state index in [1.54, 1.807) is 0 Å². The van der Waals surface area contributed by atoms with E-state index >= 15 is 0 Å². The molecule has 1 fully saturated rings. The van der Waals surface area contributed by atoms with Crippen LogP contribution < -0.4 is 0 Å². The molecule has 0 unspecified atom stereocenters. The minimum atomic E-state index is -0.560. The molecule has 0 bridgehead atoms. The van der Waals surface area contributed by atoms with Gasteiger partial charge in [0.2, 0.25) is 0 Å². The van der Waals surface area contributed by atoms with E-state index < -0.39 is 11.9 Å². The third kappa shape index (κ3) is 10.5. The quantitative estimate of drug-likeness (QED) is 0.323. The van der Waals surface area contributed by atoms with E-state index in [2.05, 4.69) is 13.0 Å². The molecule has 0 aromatic heterocycles. The van der Waals surface area contributed by atoms with Gasteiger partial charge in [0.05, 0.1) is 6.61 Å². The third-order valence-electron chi connectivity index (χ3n) is 4.72. The molecule has 24 heavy (non-hydrogen) atoms. The Morgan fingerprint density at radius 1 is 0.958 bits per heavy atom. The minimum absolute atomic E-state index is 0.228. The van der Waals surface area contributed by atoms with Crippen molar-refractivity contribution in [1.82, 2.24) is 0 Å². The van der Waals surface area contributed by atoms with Crippen molar-refractivity contribution in [2.75, 3.05) is 6.61 Å². The van der Waals surface area contributed by atoms with Gasteiger partial charge in [0, 0.05) is 0 Å². The van der Waals surface area contributed by atoms with Crippen LogP contribution in [0.5, 0.6) is 0 Å². The van der Waals surface area contributed by atoms with Gasteiger partial charge in [0.1, 0.15) is 12.2 Å². The Balaban J connectivity index is 1.88. The maximum atomic E-state index is 10.1. The van der Waals surface area contributed by atoms with Crippen molar-refractivity contribution in [3.8, 4) is 0 Å². The number of aliphatic hydroxyl groups excluding tert-OH is 1. The van der Waals surface area contributed by atoms with Crippen LogP contribution in [-0.4, -0.2) is 29.7 Å². The Morgan fingerprint density at radius 3 is 2.00 bits per heavy atom. The van der Waals surface area contributed by atoms with Crippen LogP contribution in [-0.2, 0) is 9.47 Å². The van der Waals surface area contributed by atoms with Gasteiger partial charge in [0.15, 0.2) is 5.79 Å². The summed E-state index contributed by atoms with van der Waals surface area (Å²) in [5.74, 6) is -0.560. The van der Waals surface area contributed by atoms with Crippen LogP contribution in [0.2, 0.25) is 0 Å². The summed E-state index contributed by atoms with van der Waals surface area (Å²) < 4.78 is 11.1. The summed E-state index contributed by atoms with van der Waals surface area (Å²) in [6, 6.07) is 0. The second-order valence-corrected chi connectivity index (χ2v) is 7.61. The monoisotopic (exact) mass is 340 g/mol. The Labute approximate surface area is 149 Å². The van der Waals surface area contributed by atoms with Gasteiger partial charge in [-0.15, -0.1) is 0 Å². The molecule has 1 N–H and O–H groups in total. The van der Waals surface area contributed by atoms with Gasteiger partial charge < -0.3 is 14.6 Å². The summed E-state index contributed by atoms with van der Waals surface area (Å²) in [6.07, 6.45) is 19.3. The van der Waals surface area contributed by atoms with Crippen molar-refractivity contribution in [3.63, 3.8) is 0 Å². The van der Waals surface area contributed by atoms with Gasteiger partial charge in [-0.05, 0) is 26.7 Å². The first-order chi connectivity index (χ1) is 11.5. The lowest BCUT2D eigenvalue weighted by molar-refractivity contribution is -0.147. The third-order valence-corrected chi connectivity index (χ3v) is 4.72. The van der Waals surface area contributed by atoms with E-state index in [4.69, 9.17) is 9.47 Å². The summed E-state index contributed by atoms with van der Waals surface area (Å²) >= 11 is 0. The number of unbranched alkanes of at least 4 members (excludes halogenated alkanes) is 11. The molecule has 0 saturated carbocycles. The maximum absolute atomic E-state index is 10.1. The molecule has 1 heterocycles. The predicted octanol–water partition coefficient (Wildman–Crippen LogP) is 5.76. The Kier molecular flexibility index (Phi) is 11.7. The van der Waals surface area contributed by atoms with Gasteiger partial charge in [-0.25, -0.2) is 0 Å². The smallest absolute Gasteiger partial charge is 0.163 e. The van der Waals surface area contributed by atoms with E-state index in [-0.39, 0.29) is 6.10 Å². The van der Waals surface area contributed by atoms with Crippen molar-refractivity contribution < 1.29 is 14.6 Å². The van der Waals surface area contributed by atoms with E-state index in [9.17, 15) is 5.11 Å². The van der Waals surface area contributed by atoms with Gasteiger partial charge in [-0.2, -0.15) is 0 Å². The fourth-order valence-corrected chi connectivity index (χ4v) is 3.17. The maximum Gasteiger partial charge on any atom is 0.163 e. The molecule has 3 nitrogen and oxygen atoms in total. The zero-order valence-electron chi connectivity index (χ0n) is 16.3. The van der Waals surface area contributed by atoms with Crippen molar-refractivity contribution in [2.24, 2.45) is 0 Å². The van der Waals surface area contributed by atoms with Crippen molar-refractivity contribution in [1.29, 1.82) is 0 Å². The van der Waals surface area contributed by atoms with Crippen molar-refractivity contribution in [2.45, 2.75) is 116 Å². The summed E-state index contributed by atoms with van der Waals surface area (Å²) in [5, 5.41) is 10.1. The second-order valence-electron chi connectivity index (χ2n) is 7.61. The molecule has 1 aliphatic heterocycles. The number of hydrogen-bond donors (Lipinski definition) is 1. The largest absolute Gasteiger partial charge is 0.386 e. The van der Waals surface area contributed by atoms with Crippen molar-refractivity contribution in [3.05, 3.63) is 12.2 Å². The van der Waals surface area contributed by atoms with E-state index in [1.807, 2.05) is 19.9 Å².